The lowest BCUT2D eigenvalue weighted by atomic mass is 10.3. The first-order valence-electron chi connectivity index (χ1n) is 5.28. The zero-order chi connectivity index (χ0) is 12.3. The average molecular weight is 219 g/mol. The molecule has 1 amide bonds. The number of likely N-dealkylation sites (N-methyl/N-ethyl adjacent to an activating group) is 1. The van der Waals surface area contributed by atoms with Crippen LogP contribution in [-0.2, 0) is 9.63 Å². The molecule has 0 spiro atoms. The number of hydrogen-bond acceptors (Lipinski definition) is 4. The van der Waals surface area contributed by atoms with E-state index in [1.54, 1.807) is 6.92 Å². The second-order valence-corrected chi connectivity index (χ2v) is 3.18. The van der Waals surface area contributed by atoms with Crippen LogP contribution >= 0.6 is 0 Å². The van der Waals surface area contributed by atoms with Gasteiger partial charge < -0.3 is 15.1 Å². The van der Waals surface area contributed by atoms with Crippen LogP contribution in [0.3, 0.4) is 0 Å². The highest BCUT2D eigenvalue weighted by Crippen LogP contribution is 2.05. The van der Waals surface area contributed by atoms with Crippen molar-refractivity contribution in [1.82, 2.24) is 10.2 Å². The van der Waals surface area contributed by atoms with Crippen molar-refractivity contribution in [3.8, 4) is 0 Å². The van der Waals surface area contributed by atoms with Crippen molar-refractivity contribution in [2.75, 3.05) is 27.2 Å². The first kappa shape index (κ1) is 16.8. The lowest BCUT2D eigenvalue weighted by Gasteiger charge is -2.10. The molecule has 0 aromatic rings. The molecule has 3 N–H and O–H groups in total. The van der Waals surface area contributed by atoms with Gasteiger partial charge in [-0.3, -0.25) is 4.79 Å². The molecule has 1 saturated heterocycles. The van der Waals surface area contributed by atoms with Crippen molar-refractivity contribution in [3.63, 3.8) is 0 Å². The van der Waals surface area contributed by atoms with Gasteiger partial charge in [-0.1, -0.05) is 13.8 Å². The lowest BCUT2D eigenvalue weighted by molar-refractivity contribution is -0.119. The molecule has 1 aliphatic heterocycles. The summed E-state index contributed by atoms with van der Waals surface area (Å²) in [5.41, 5.74) is 0. The third kappa shape index (κ3) is 11.3. The van der Waals surface area contributed by atoms with E-state index in [2.05, 4.69) is 28.0 Å². The molecule has 0 radical (unpaired) electrons. The zero-order valence-corrected chi connectivity index (χ0v) is 10.5. The number of rotatable bonds is 1. The van der Waals surface area contributed by atoms with Gasteiger partial charge in [0.1, 0.15) is 0 Å². The van der Waals surface area contributed by atoms with Crippen LogP contribution in [-0.4, -0.2) is 44.1 Å². The van der Waals surface area contributed by atoms with Crippen molar-refractivity contribution in [2.45, 2.75) is 33.2 Å². The maximum absolute atomic E-state index is 10.6. The lowest BCUT2D eigenvalue weighted by Crippen LogP contribution is -2.34. The van der Waals surface area contributed by atoms with E-state index in [-0.39, 0.29) is 5.91 Å². The first-order valence-corrected chi connectivity index (χ1v) is 5.28. The van der Waals surface area contributed by atoms with Gasteiger partial charge in [-0.2, -0.15) is 0 Å². The smallest absolute Gasteiger partial charge is 0.217 e. The number of nitrogens with zero attached hydrogens (tertiary/aromatic N) is 1. The van der Waals surface area contributed by atoms with E-state index in [0.717, 1.165) is 19.5 Å². The summed E-state index contributed by atoms with van der Waals surface area (Å²) in [4.78, 5) is 16.5. The molecule has 5 heteroatoms. The van der Waals surface area contributed by atoms with Gasteiger partial charge in [0.2, 0.25) is 5.91 Å². The molecule has 0 bridgehead atoms. The standard InChI is InChI=1S/C7H14N2O.C2H6.CH5NO/c1-6(10)8-7-3-4-9(2)5-7;1-2;1-3-2/h7H,3-5H2,1-2H3,(H,8,10);1-2H3;2H2,1H3. The largest absolute Gasteiger partial charge is 0.352 e. The van der Waals surface area contributed by atoms with E-state index in [9.17, 15) is 4.79 Å². The average Bonchev–Trinajstić information content (AvgIpc) is 2.55. The van der Waals surface area contributed by atoms with E-state index in [1.807, 2.05) is 13.8 Å². The Balaban J connectivity index is 0. The monoisotopic (exact) mass is 219 g/mol. The number of carbonyl (C=O) groups excluding carboxylic acids is 1. The summed E-state index contributed by atoms with van der Waals surface area (Å²) < 4.78 is 0. The Morgan fingerprint density at radius 2 is 2.00 bits per heavy atom. The Morgan fingerprint density at radius 1 is 1.53 bits per heavy atom. The van der Waals surface area contributed by atoms with Crippen molar-refractivity contribution in [3.05, 3.63) is 0 Å². The number of nitrogens with two attached hydrogens (primary N) is 1. The Hall–Kier alpha value is -0.650. The fraction of sp³-hybridized carbons (Fsp3) is 0.900. The van der Waals surface area contributed by atoms with E-state index in [4.69, 9.17) is 0 Å². The van der Waals surface area contributed by atoms with Crippen molar-refractivity contribution >= 4 is 5.91 Å². The number of nitrogens with one attached hydrogen (secondary N) is 1. The molecule has 1 unspecified atom stereocenters. The SMILES string of the molecule is CC.CC(=O)NC1CCN(C)C1.CON. The fourth-order valence-corrected chi connectivity index (χ4v) is 1.34. The predicted molar refractivity (Wildman–Crippen MR) is 62.3 cm³/mol. The zero-order valence-electron chi connectivity index (χ0n) is 10.5. The Labute approximate surface area is 92.9 Å². The summed E-state index contributed by atoms with van der Waals surface area (Å²) in [6, 6.07) is 0.391. The van der Waals surface area contributed by atoms with Crippen LogP contribution in [0.5, 0.6) is 0 Å². The molecule has 0 saturated carbocycles. The van der Waals surface area contributed by atoms with E-state index < -0.39 is 0 Å². The van der Waals surface area contributed by atoms with Crippen LogP contribution in [0.25, 0.3) is 0 Å². The van der Waals surface area contributed by atoms with Gasteiger partial charge in [-0.05, 0) is 20.0 Å². The molecule has 1 rings (SSSR count). The molecule has 0 aromatic carbocycles. The van der Waals surface area contributed by atoms with Gasteiger partial charge in [0.25, 0.3) is 0 Å². The van der Waals surface area contributed by atoms with E-state index in [0.29, 0.717) is 6.04 Å². The van der Waals surface area contributed by atoms with Crippen LogP contribution < -0.4 is 11.2 Å². The second-order valence-electron chi connectivity index (χ2n) is 3.18. The van der Waals surface area contributed by atoms with E-state index in [1.165, 1.54) is 7.11 Å². The van der Waals surface area contributed by atoms with Crippen LogP contribution in [0.4, 0.5) is 0 Å². The molecular formula is C10H25N3O2. The van der Waals surface area contributed by atoms with Crippen LogP contribution in [0, 0.1) is 0 Å². The van der Waals surface area contributed by atoms with Gasteiger partial charge >= 0.3 is 0 Å². The molecule has 15 heavy (non-hydrogen) atoms. The molecule has 1 heterocycles. The topological polar surface area (TPSA) is 67.6 Å². The van der Waals surface area contributed by atoms with Crippen LogP contribution in [0.1, 0.15) is 27.2 Å². The number of hydrogen-bond donors (Lipinski definition) is 2. The van der Waals surface area contributed by atoms with Gasteiger partial charge in [-0.25, -0.2) is 5.90 Å². The number of carbonyl (C=O) groups is 1. The van der Waals surface area contributed by atoms with Gasteiger partial charge in [0.15, 0.2) is 0 Å². The van der Waals surface area contributed by atoms with Gasteiger partial charge in [0, 0.05) is 19.5 Å². The summed E-state index contributed by atoms with van der Waals surface area (Å²) in [5.74, 6) is 4.43. The summed E-state index contributed by atoms with van der Waals surface area (Å²) in [6.45, 7) is 7.67. The summed E-state index contributed by atoms with van der Waals surface area (Å²) in [5, 5.41) is 2.89. The molecule has 92 valence electrons. The quantitative estimate of drug-likeness (QED) is 0.625. The van der Waals surface area contributed by atoms with Crippen LogP contribution in [0.15, 0.2) is 0 Å². The van der Waals surface area contributed by atoms with Crippen molar-refractivity contribution < 1.29 is 9.63 Å². The van der Waals surface area contributed by atoms with Crippen molar-refractivity contribution in [2.24, 2.45) is 5.90 Å². The third-order valence-corrected chi connectivity index (χ3v) is 1.80. The normalized spacial score (nSPS) is 19.5. The highest BCUT2D eigenvalue weighted by Gasteiger charge is 2.19. The third-order valence-electron chi connectivity index (χ3n) is 1.80. The molecule has 0 aromatic heterocycles. The summed E-state index contributed by atoms with van der Waals surface area (Å²) in [6.07, 6.45) is 1.09. The Morgan fingerprint density at radius 3 is 2.27 bits per heavy atom. The second kappa shape index (κ2) is 11.4. The molecule has 1 atom stereocenters. The number of amides is 1. The summed E-state index contributed by atoms with van der Waals surface area (Å²) in [7, 11) is 3.47. The minimum atomic E-state index is 0.0836. The highest BCUT2D eigenvalue weighted by atomic mass is 16.6. The fourth-order valence-electron chi connectivity index (χ4n) is 1.34. The van der Waals surface area contributed by atoms with Gasteiger partial charge in [0.05, 0.1) is 7.11 Å². The number of likely N-dealkylation sites (tertiary alicyclic amines) is 1. The highest BCUT2D eigenvalue weighted by molar-refractivity contribution is 5.73. The molecule has 0 aliphatic carbocycles. The van der Waals surface area contributed by atoms with E-state index >= 15 is 0 Å². The molecule has 1 fully saturated rings. The van der Waals surface area contributed by atoms with Crippen LogP contribution in [0.2, 0.25) is 0 Å². The summed E-state index contributed by atoms with van der Waals surface area (Å²) >= 11 is 0. The van der Waals surface area contributed by atoms with Crippen molar-refractivity contribution in [1.29, 1.82) is 0 Å². The first-order chi connectivity index (χ1) is 7.10. The maximum atomic E-state index is 10.6. The Kier molecular flexibility index (Phi) is 12.8. The Bertz CT molecular complexity index is 154. The minimum absolute atomic E-state index is 0.0836. The minimum Gasteiger partial charge on any atom is -0.352 e. The maximum Gasteiger partial charge on any atom is 0.217 e. The molecule has 5 nitrogen and oxygen atoms in total. The van der Waals surface area contributed by atoms with Gasteiger partial charge in [-0.15, -0.1) is 0 Å². The molecule has 1 aliphatic rings. The predicted octanol–water partition coefficient (Wildman–Crippen LogP) is 0.359. The molecular weight excluding hydrogens is 194 g/mol.